The molecule has 0 aromatic carbocycles. The van der Waals surface area contributed by atoms with Crippen molar-refractivity contribution >= 4 is 0 Å². The van der Waals surface area contributed by atoms with E-state index in [1.54, 1.807) is 0 Å². The van der Waals surface area contributed by atoms with Gasteiger partial charge in [-0.25, -0.2) is 0 Å². The Morgan fingerprint density at radius 1 is 1.22 bits per heavy atom. The van der Waals surface area contributed by atoms with Gasteiger partial charge in [0.2, 0.25) is 0 Å². The van der Waals surface area contributed by atoms with E-state index in [1.165, 1.54) is 58.2 Å². The van der Waals surface area contributed by atoms with Gasteiger partial charge >= 0.3 is 0 Å². The maximum absolute atomic E-state index is 5.85. The van der Waals surface area contributed by atoms with E-state index in [1.807, 2.05) is 0 Å². The first-order valence-corrected chi connectivity index (χ1v) is 7.82. The Morgan fingerprint density at radius 2 is 2.00 bits per heavy atom. The van der Waals surface area contributed by atoms with Crippen LogP contribution < -0.4 is 5.32 Å². The molecule has 106 valence electrons. The zero-order chi connectivity index (χ0) is 12.8. The van der Waals surface area contributed by atoms with Crippen molar-refractivity contribution in [2.75, 3.05) is 33.3 Å². The molecule has 2 heterocycles. The van der Waals surface area contributed by atoms with Gasteiger partial charge in [-0.3, -0.25) is 0 Å². The van der Waals surface area contributed by atoms with Crippen molar-refractivity contribution in [3.8, 4) is 0 Å². The predicted molar refractivity (Wildman–Crippen MR) is 75.9 cm³/mol. The highest BCUT2D eigenvalue weighted by Gasteiger charge is 2.26. The summed E-state index contributed by atoms with van der Waals surface area (Å²) in [6, 6.07) is 0.755. The molecular formula is C15H30N2O. The van der Waals surface area contributed by atoms with E-state index in [9.17, 15) is 0 Å². The van der Waals surface area contributed by atoms with Gasteiger partial charge in [0.15, 0.2) is 0 Å². The van der Waals surface area contributed by atoms with Crippen LogP contribution in [-0.4, -0.2) is 50.3 Å². The van der Waals surface area contributed by atoms with Crippen LogP contribution in [0.3, 0.4) is 0 Å². The second-order valence-electron chi connectivity index (χ2n) is 6.09. The van der Waals surface area contributed by atoms with Crippen LogP contribution in [0, 0.1) is 5.92 Å². The molecule has 0 aromatic heterocycles. The second-order valence-corrected chi connectivity index (χ2v) is 6.09. The molecule has 0 spiro atoms. The molecule has 0 bridgehead atoms. The average Bonchev–Trinajstić information content (AvgIpc) is 2.40. The average molecular weight is 254 g/mol. The van der Waals surface area contributed by atoms with Crippen LogP contribution >= 0.6 is 0 Å². The molecule has 3 heteroatoms. The minimum absolute atomic E-state index is 0.518. The summed E-state index contributed by atoms with van der Waals surface area (Å²) in [4.78, 5) is 2.61. The molecule has 0 saturated carbocycles. The summed E-state index contributed by atoms with van der Waals surface area (Å²) in [7, 11) is 2.32. The molecule has 2 atom stereocenters. The first kappa shape index (κ1) is 14.3. The fraction of sp³-hybridized carbons (Fsp3) is 1.00. The third kappa shape index (κ3) is 4.22. The molecule has 3 nitrogen and oxygen atoms in total. The maximum Gasteiger partial charge on any atom is 0.0590 e. The SMILES string of the molecule is CCCC1CC(N(C)CC2CCNCC2)CCO1. The Labute approximate surface area is 112 Å². The smallest absolute Gasteiger partial charge is 0.0590 e. The Bertz CT molecular complexity index is 227. The Kier molecular flexibility index (Phi) is 5.93. The maximum atomic E-state index is 5.85. The number of hydrogen-bond acceptors (Lipinski definition) is 3. The Hall–Kier alpha value is -0.120. The minimum atomic E-state index is 0.518. The van der Waals surface area contributed by atoms with Gasteiger partial charge in [-0.05, 0) is 58.2 Å². The molecule has 2 unspecified atom stereocenters. The third-order valence-corrected chi connectivity index (χ3v) is 4.58. The van der Waals surface area contributed by atoms with Gasteiger partial charge in [-0.15, -0.1) is 0 Å². The summed E-state index contributed by atoms with van der Waals surface area (Å²) in [5, 5.41) is 3.45. The molecule has 18 heavy (non-hydrogen) atoms. The number of ether oxygens (including phenoxy) is 1. The van der Waals surface area contributed by atoms with E-state index in [-0.39, 0.29) is 0 Å². The van der Waals surface area contributed by atoms with E-state index < -0.39 is 0 Å². The van der Waals surface area contributed by atoms with E-state index in [0.717, 1.165) is 18.6 Å². The molecule has 2 aliphatic rings. The highest BCUT2D eigenvalue weighted by molar-refractivity contribution is 4.80. The summed E-state index contributed by atoms with van der Waals surface area (Å²) in [6.07, 6.45) is 8.17. The van der Waals surface area contributed by atoms with Gasteiger partial charge in [0.1, 0.15) is 0 Å². The lowest BCUT2D eigenvalue weighted by Gasteiger charge is -2.37. The van der Waals surface area contributed by atoms with Crippen molar-refractivity contribution in [1.82, 2.24) is 10.2 Å². The summed E-state index contributed by atoms with van der Waals surface area (Å²) in [5.74, 6) is 0.906. The molecule has 0 radical (unpaired) electrons. The van der Waals surface area contributed by atoms with Crippen molar-refractivity contribution < 1.29 is 4.74 Å². The highest BCUT2D eigenvalue weighted by Crippen LogP contribution is 2.23. The van der Waals surface area contributed by atoms with Crippen molar-refractivity contribution in [2.24, 2.45) is 5.92 Å². The van der Waals surface area contributed by atoms with Crippen molar-refractivity contribution in [2.45, 2.75) is 57.6 Å². The zero-order valence-electron chi connectivity index (χ0n) is 12.2. The van der Waals surface area contributed by atoms with Crippen molar-refractivity contribution in [3.05, 3.63) is 0 Å². The van der Waals surface area contributed by atoms with Gasteiger partial charge in [-0.1, -0.05) is 13.3 Å². The van der Waals surface area contributed by atoms with Crippen LogP contribution in [0.2, 0.25) is 0 Å². The zero-order valence-corrected chi connectivity index (χ0v) is 12.2. The molecule has 2 rings (SSSR count). The highest BCUT2D eigenvalue weighted by atomic mass is 16.5. The first-order valence-electron chi connectivity index (χ1n) is 7.82. The number of nitrogens with zero attached hydrogens (tertiary/aromatic N) is 1. The van der Waals surface area contributed by atoms with Crippen LogP contribution in [0.15, 0.2) is 0 Å². The summed E-state index contributed by atoms with van der Waals surface area (Å²) < 4.78 is 5.85. The topological polar surface area (TPSA) is 24.5 Å². The molecule has 2 saturated heterocycles. The van der Waals surface area contributed by atoms with Gasteiger partial charge in [0.25, 0.3) is 0 Å². The summed E-state index contributed by atoms with van der Waals surface area (Å²) in [6.45, 7) is 6.93. The monoisotopic (exact) mass is 254 g/mol. The lowest BCUT2D eigenvalue weighted by Crippen LogP contribution is -2.43. The van der Waals surface area contributed by atoms with Crippen LogP contribution in [0.4, 0.5) is 0 Å². The molecule has 0 amide bonds. The van der Waals surface area contributed by atoms with Crippen LogP contribution in [0.1, 0.15) is 45.4 Å². The quantitative estimate of drug-likeness (QED) is 0.814. The number of hydrogen-bond donors (Lipinski definition) is 1. The Balaban J connectivity index is 1.74. The van der Waals surface area contributed by atoms with Crippen molar-refractivity contribution in [1.29, 1.82) is 0 Å². The number of nitrogens with one attached hydrogen (secondary N) is 1. The van der Waals surface area contributed by atoms with E-state index in [0.29, 0.717) is 6.10 Å². The van der Waals surface area contributed by atoms with Gasteiger partial charge < -0.3 is 15.0 Å². The number of rotatable bonds is 5. The molecular weight excluding hydrogens is 224 g/mol. The van der Waals surface area contributed by atoms with Crippen LogP contribution in [-0.2, 0) is 4.74 Å². The lowest BCUT2D eigenvalue weighted by molar-refractivity contribution is -0.0287. The number of piperidine rings is 1. The molecule has 1 N–H and O–H groups in total. The van der Waals surface area contributed by atoms with Crippen LogP contribution in [0.5, 0.6) is 0 Å². The largest absolute Gasteiger partial charge is 0.378 e. The molecule has 0 aromatic rings. The Morgan fingerprint density at radius 3 is 2.72 bits per heavy atom. The van der Waals surface area contributed by atoms with Crippen molar-refractivity contribution in [3.63, 3.8) is 0 Å². The van der Waals surface area contributed by atoms with E-state index in [4.69, 9.17) is 4.74 Å². The van der Waals surface area contributed by atoms with E-state index >= 15 is 0 Å². The fourth-order valence-electron chi connectivity index (χ4n) is 3.40. The van der Waals surface area contributed by atoms with Gasteiger partial charge in [0.05, 0.1) is 6.10 Å². The van der Waals surface area contributed by atoms with Gasteiger partial charge in [0, 0.05) is 19.2 Å². The summed E-state index contributed by atoms with van der Waals surface area (Å²) >= 11 is 0. The summed E-state index contributed by atoms with van der Waals surface area (Å²) in [5.41, 5.74) is 0. The fourth-order valence-corrected chi connectivity index (χ4v) is 3.40. The normalized spacial score (nSPS) is 30.8. The second kappa shape index (κ2) is 7.46. The standard InChI is InChI=1S/C15H30N2O/c1-3-4-15-11-14(7-10-18-15)17(2)12-13-5-8-16-9-6-13/h13-16H,3-12H2,1-2H3. The van der Waals surface area contributed by atoms with E-state index in [2.05, 4.69) is 24.2 Å². The van der Waals surface area contributed by atoms with Gasteiger partial charge in [-0.2, -0.15) is 0 Å². The predicted octanol–water partition coefficient (Wildman–Crippen LogP) is 2.27. The minimum Gasteiger partial charge on any atom is -0.378 e. The third-order valence-electron chi connectivity index (χ3n) is 4.58. The molecule has 0 aliphatic carbocycles. The van der Waals surface area contributed by atoms with Crippen LogP contribution in [0.25, 0.3) is 0 Å². The molecule has 2 fully saturated rings. The lowest BCUT2D eigenvalue weighted by atomic mass is 9.94. The first-order chi connectivity index (χ1) is 8.79. The molecule has 2 aliphatic heterocycles.